The molecule has 0 unspecified atom stereocenters. The molecule has 0 saturated heterocycles. The molecule has 144 valence electrons. The SMILES string of the molecule is CC(=O)C[C@@H](C(=O)OCCNC1CCCCC1)[C@@H](C)c1ccc(Cl)cc1. The number of halogens is 1. The first kappa shape index (κ1) is 20.9. The molecule has 5 heteroatoms. The fourth-order valence-electron chi connectivity index (χ4n) is 3.60. The van der Waals surface area contributed by atoms with E-state index in [-0.39, 0.29) is 24.1 Å². The van der Waals surface area contributed by atoms with E-state index in [4.69, 9.17) is 16.3 Å². The number of carbonyl (C=O) groups excluding carboxylic acids is 2. The van der Waals surface area contributed by atoms with Gasteiger partial charge < -0.3 is 14.8 Å². The third-order valence-corrected chi connectivity index (χ3v) is 5.45. The van der Waals surface area contributed by atoms with Crippen LogP contribution in [0.25, 0.3) is 0 Å². The van der Waals surface area contributed by atoms with Gasteiger partial charge in [0.25, 0.3) is 0 Å². The van der Waals surface area contributed by atoms with Crippen LogP contribution in [0.15, 0.2) is 24.3 Å². The van der Waals surface area contributed by atoms with Gasteiger partial charge in [0, 0.05) is 24.0 Å². The smallest absolute Gasteiger partial charge is 0.310 e. The van der Waals surface area contributed by atoms with Crippen LogP contribution in [0.1, 0.15) is 63.9 Å². The van der Waals surface area contributed by atoms with Crippen molar-refractivity contribution in [3.8, 4) is 0 Å². The maximum Gasteiger partial charge on any atom is 0.310 e. The van der Waals surface area contributed by atoms with Crippen LogP contribution in [-0.2, 0) is 14.3 Å². The molecule has 1 aromatic rings. The summed E-state index contributed by atoms with van der Waals surface area (Å²) < 4.78 is 5.48. The summed E-state index contributed by atoms with van der Waals surface area (Å²) in [4.78, 5) is 24.2. The largest absolute Gasteiger partial charge is 0.464 e. The lowest BCUT2D eigenvalue weighted by atomic mass is 9.84. The Hall–Kier alpha value is -1.39. The molecule has 0 bridgehead atoms. The van der Waals surface area contributed by atoms with Crippen molar-refractivity contribution in [3.05, 3.63) is 34.9 Å². The second-order valence-electron chi connectivity index (χ2n) is 7.31. The lowest BCUT2D eigenvalue weighted by Gasteiger charge is -2.24. The molecule has 0 amide bonds. The molecular formula is C21H30ClNO3. The number of esters is 1. The molecule has 0 aromatic heterocycles. The molecule has 1 fully saturated rings. The van der Waals surface area contributed by atoms with Gasteiger partial charge in [-0.1, -0.05) is 49.9 Å². The minimum Gasteiger partial charge on any atom is -0.464 e. The number of ketones is 1. The number of hydrogen-bond acceptors (Lipinski definition) is 4. The van der Waals surface area contributed by atoms with Crippen molar-refractivity contribution in [2.24, 2.45) is 5.92 Å². The summed E-state index contributed by atoms with van der Waals surface area (Å²) in [5.41, 5.74) is 0.984. The zero-order valence-electron chi connectivity index (χ0n) is 15.8. The highest BCUT2D eigenvalue weighted by Crippen LogP contribution is 2.29. The van der Waals surface area contributed by atoms with E-state index in [1.54, 1.807) is 12.1 Å². The highest BCUT2D eigenvalue weighted by atomic mass is 35.5. The van der Waals surface area contributed by atoms with E-state index in [0.29, 0.717) is 24.2 Å². The quantitative estimate of drug-likeness (QED) is 0.506. The van der Waals surface area contributed by atoms with Crippen molar-refractivity contribution >= 4 is 23.4 Å². The number of rotatable bonds is 9. The van der Waals surface area contributed by atoms with Crippen LogP contribution in [0.2, 0.25) is 5.02 Å². The van der Waals surface area contributed by atoms with Crippen LogP contribution in [0, 0.1) is 5.92 Å². The molecular weight excluding hydrogens is 350 g/mol. The second-order valence-corrected chi connectivity index (χ2v) is 7.75. The van der Waals surface area contributed by atoms with Gasteiger partial charge in [-0.15, -0.1) is 0 Å². The van der Waals surface area contributed by atoms with Crippen LogP contribution < -0.4 is 5.32 Å². The van der Waals surface area contributed by atoms with Gasteiger partial charge >= 0.3 is 5.97 Å². The molecule has 1 aliphatic carbocycles. The van der Waals surface area contributed by atoms with Crippen LogP contribution in [0.5, 0.6) is 0 Å². The summed E-state index contributed by atoms with van der Waals surface area (Å²) in [5.74, 6) is -0.875. The maximum absolute atomic E-state index is 12.6. The van der Waals surface area contributed by atoms with E-state index in [0.717, 1.165) is 5.56 Å². The normalized spacial score (nSPS) is 17.5. The molecule has 0 aliphatic heterocycles. The Labute approximate surface area is 161 Å². The van der Waals surface area contributed by atoms with Crippen LogP contribution in [-0.4, -0.2) is 30.9 Å². The molecule has 26 heavy (non-hydrogen) atoms. The highest BCUT2D eigenvalue weighted by Gasteiger charge is 2.29. The molecule has 1 saturated carbocycles. The van der Waals surface area contributed by atoms with Crippen molar-refractivity contribution < 1.29 is 14.3 Å². The van der Waals surface area contributed by atoms with E-state index in [1.807, 2.05) is 19.1 Å². The second kappa shape index (κ2) is 10.7. The van der Waals surface area contributed by atoms with Gasteiger partial charge in [-0.3, -0.25) is 4.79 Å². The fraction of sp³-hybridized carbons (Fsp3) is 0.619. The third kappa shape index (κ3) is 6.73. The minimum absolute atomic E-state index is 0.00639. The molecule has 2 atom stereocenters. The van der Waals surface area contributed by atoms with E-state index in [2.05, 4.69) is 5.32 Å². The molecule has 4 nitrogen and oxygen atoms in total. The maximum atomic E-state index is 12.6. The fourth-order valence-corrected chi connectivity index (χ4v) is 3.73. The number of Topliss-reactive ketones (excluding diaryl/α,β-unsaturated/α-hetero) is 1. The van der Waals surface area contributed by atoms with Crippen LogP contribution in [0.4, 0.5) is 0 Å². The Kier molecular flexibility index (Phi) is 8.60. The van der Waals surface area contributed by atoms with Crippen molar-refractivity contribution in [2.75, 3.05) is 13.2 Å². The minimum atomic E-state index is -0.469. The van der Waals surface area contributed by atoms with E-state index < -0.39 is 5.92 Å². The van der Waals surface area contributed by atoms with Crippen molar-refractivity contribution in [1.82, 2.24) is 5.32 Å². The van der Waals surface area contributed by atoms with Gasteiger partial charge in [0.15, 0.2) is 0 Å². The summed E-state index contributed by atoms with van der Waals surface area (Å²) in [7, 11) is 0. The Bertz CT molecular complexity index is 581. The zero-order chi connectivity index (χ0) is 18.9. The molecule has 0 spiro atoms. The van der Waals surface area contributed by atoms with E-state index >= 15 is 0 Å². The first-order valence-electron chi connectivity index (χ1n) is 9.62. The molecule has 1 aliphatic rings. The summed E-state index contributed by atoms with van der Waals surface area (Å²) in [6.45, 7) is 4.48. The average Bonchev–Trinajstić information content (AvgIpc) is 2.64. The molecule has 1 aromatic carbocycles. The zero-order valence-corrected chi connectivity index (χ0v) is 16.6. The standard InChI is InChI=1S/C21H30ClNO3/c1-15(24)14-20(16(2)17-8-10-18(22)11-9-17)21(25)26-13-12-23-19-6-4-3-5-7-19/h8-11,16,19-20,23H,3-7,12-14H2,1-2H3/t16-,20+/m0/s1. The Morgan fingerprint density at radius 1 is 1.19 bits per heavy atom. The summed E-state index contributed by atoms with van der Waals surface area (Å²) in [6, 6.07) is 7.95. The van der Waals surface area contributed by atoms with Crippen molar-refractivity contribution in [2.45, 2.75) is 64.3 Å². The lowest BCUT2D eigenvalue weighted by Crippen LogP contribution is -2.35. The topological polar surface area (TPSA) is 55.4 Å². The molecule has 2 rings (SSSR count). The predicted molar refractivity (Wildman–Crippen MR) is 104 cm³/mol. The summed E-state index contributed by atoms with van der Waals surface area (Å²) in [5, 5.41) is 4.12. The van der Waals surface area contributed by atoms with Crippen LogP contribution >= 0.6 is 11.6 Å². The Morgan fingerprint density at radius 2 is 1.85 bits per heavy atom. The van der Waals surface area contributed by atoms with Crippen molar-refractivity contribution in [1.29, 1.82) is 0 Å². The Morgan fingerprint density at radius 3 is 2.46 bits per heavy atom. The van der Waals surface area contributed by atoms with Gasteiger partial charge in [-0.25, -0.2) is 0 Å². The Balaban J connectivity index is 1.87. The monoisotopic (exact) mass is 379 g/mol. The van der Waals surface area contributed by atoms with E-state index in [1.165, 1.54) is 39.0 Å². The van der Waals surface area contributed by atoms with Crippen molar-refractivity contribution in [3.63, 3.8) is 0 Å². The number of hydrogen-bond donors (Lipinski definition) is 1. The highest BCUT2D eigenvalue weighted by molar-refractivity contribution is 6.30. The summed E-state index contributed by atoms with van der Waals surface area (Å²) in [6.07, 6.45) is 6.47. The molecule has 1 N–H and O–H groups in total. The number of nitrogens with one attached hydrogen (secondary N) is 1. The van der Waals surface area contributed by atoms with Gasteiger partial charge in [0.2, 0.25) is 0 Å². The molecule has 0 heterocycles. The average molecular weight is 380 g/mol. The van der Waals surface area contributed by atoms with Gasteiger partial charge in [0.1, 0.15) is 12.4 Å². The van der Waals surface area contributed by atoms with Gasteiger partial charge in [-0.05, 0) is 43.4 Å². The number of benzene rings is 1. The van der Waals surface area contributed by atoms with E-state index in [9.17, 15) is 9.59 Å². The third-order valence-electron chi connectivity index (χ3n) is 5.19. The first-order valence-corrected chi connectivity index (χ1v) is 10.00. The van der Waals surface area contributed by atoms with Gasteiger partial charge in [0.05, 0.1) is 5.92 Å². The number of carbonyl (C=O) groups is 2. The summed E-state index contributed by atoms with van der Waals surface area (Å²) >= 11 is 5.94. The number of ether oxygens (including phenoxy) is 1. The first-order chi connectivity index (χ1) is 12.5. The van der Waals surface area contributed by atoms with Gasteiger partial charge in [-0.2, -0.15) is 0 Å². The van der Waals surface area contributed by atoms with Crippen LogP contribution in [0.3, 0.4) is 0 Å². The lowest BCUT2D eigenvalue weighted by molar-refractivity contribution is -0.150. The predicted octanol–water partition coefficient (Wildman–Crippen LogP) is 4.50. The molecule has 0 radical (unpaired) electrons.